The van der Waals surface area contributed by atoms with Crippen LogP contribution in [0, 0.1) is 12.1 Å². The van der Waals surface area contributed by atoms with Gasteiger partial charge in [0.25, 0.3) is 0 Å². The summed E-state index contributed by atoms with van der Waals surface area (Å²) in [6, 6.07) is 18.1. The first-order valence-electron chi connectivity index (χ1n) is 7.82. The van der Waals surface area contributed by atoms with E-state index in [4.69, 9.17) is 0 Å². The fourth-order valence-electron chi connectivity index (χ4n) is 2.51. The van der Waals surface area contributed by atoms with E-state index < -0.39 is 0 Å². The molecule has 0 amide bonds. The Morgan fingerprint density at radius 3 is 2.35 bits per heavy atom. The second-order valence-corrected chi connectivity index (χ2v) is 6.59. The zero-order valence-electron chi connectivity index (χ0n) is 16.2. The average Bonchev–Trinajstić information content (AvgIpc) is 3.15. The van der Waals surface area contributed by atoms with Crippen LogP contribution in [-0.4, -0.2) is 9.52 Å². The molecule has 0 aromatic heterocycles. The molecule has 0 atom stereocenters. The first-order valence-corrected chi connectivity index (χ1v) is 10.1. The second kappa shape index (κ2) is 10.6. The van der Waals surface area contributed by atoms with Crippen LogP contribution in [0.15, 0.2) is 60.2 Å². The van der Waals surface area contributed by atoms with Crippen molar-refractivity contribution in [2.45, 2.75) is 32.9 Å². The van der Waals surface area contributed by atoms with Gasteiger partial charge in [-0.1, -0.05) is 55.4 Å². The molecule has 2 aromatic carbocycles. The molecule has 2 aliphatic carbocycles. The molecule has 0 fully saturated rings. The van der Waals surface area contributed by atoms with Crippen LogP contribution in [0.3, 0.4) is 0 Å². The number of allylic oxidation sites excluding steroid dienone is 4. The number of hydrogen-bond acceptors (Lipinski definition) is 0. The van der Waals surface area contributed by atoms with Gasteiger partial charge in [-0.25, -0.2) is 11.6 Å². The van der Waals surface area contributed by atoms with Crippen LogP contribution < -0.4 is 0 Å². The van der Waals surface area contributed by atoms with Crippen LogP contribution >= 0.6 is 0 Å². The maximum absolute atomic E-state index is 3.30. The smallest absolute Gasteiger partial charge is 1.00 e. The van der Waals surface area contributed by atoms with E-state index >= 15 is 0 Å². The van der Waals surface area contributed by atoms with E-state index in [0.717, 1.165) is 22.4 Å². The summed E-state index contributed by atoms with van der Waals surface area (Å²) in [6.45, 7) is 6.48. The van der Waals surface area contributed by atoms with Crippen LogP contribution in [-0.2, 0) is 28.1 Å². The molecule has 0 nitrogen and oxygen atoms in total. The quantitative estimate of drug-likeness (QED) is 0.370. The summed E-state index contributed by atoms with van der Waals surface area (Å²) in [4.78, 5) is 0. The minimum Gasteiger partial charge on any atom is -1.00 e. The van der Waals surface area contributed by atoms with Gasteiger partial charge in [0.15, 0.2) is 0 Å². The maximum atomic E-state index is 3.30. The molecule has 0 unspecified atom stereocenters. The molecular formula is C21H25SiTi. The van der Waals surface area contributed by atoms with Crippen molar-refractivity contribution in [1.82, 2.24) is 0 Å². The van der Waals surface area contributed by atoms with Gasteiger partial charge >= 0.3 is 21.7 Å². The van der Waals surface area contributed by atoms with Gasteiger partial charge in [0, 0.05) is 9.52 Å². The number of benzene rings is 2. The van der Waals surface area contributed by atoms with Crippen molar-refractivity contribution in [1.29, 1.82) is 0 Å². The van der Waals surface area contributed by atoms with E-state index in [2.05, 4.69) is 80.7 Å². The molecule has 0 spiro atoms. The molecule has 1 radical (unpaired) electrons. The largest absolute Gasteiger partial charge is 4.00 e. The predicted octanol–water partition coefficient (Wildman–Crippen LogP) is 5.50. The van der Waals surface area contributed by atoms with E-state index in [1.54, 1.807) is 0 Å². The molecule has 0 aliphatic heterocycles. The summed E-state index contributed by atoms with van der Waals surface area (Å²) in [5.41, 5.74) is 6.78. The number of rotatable bonds is 0. The van der Waals surface area contributed by atoms with Crippen molar-refractivity contribution in [2.24, 2.45) is 0 Å². The zero-order chi connectivity index (χ0) is 15.8. The standard InChI is InChI=1S/C13H9.C6H7.C2H7Si.Ti.2H/c1-3-7-12-10(5-1)9-11-6-2-4-8-13(11)12;1-6-4-2-3-5-6;1-3-2;;;/h1-5,7-8H,9H2;2,4H,3H2,1H3;3H,1-2H3;;;/q2*-1;;+4;2*-1. The van der Waals surface area contributed by atoms with E-state index in [1.807, 2.05) is 6.07 Å². The minimum absolute atomic E-state index is 0. The molecule has 2 aliphatic rings. The van der Waals surface area contributed by atoms with Crippen LogP contribution in [0.2, 0.25) is 13.1 Å². The summed E-state index contributed by atoms with van der Waals surface area (Å²) in [7, 11) is 0.750. The van der Waals surface area contributed by atoms with E-state index in [1.165, 1.54) is 27.8 Å². The Morgan fingerprint density at radius 2 is 1.74 bits per heavy atom. The van der Waals surface area contributed by atoms with Gasteiger partial charge in [-0.3, -0.25) is 6.08 Å². The van der Waals surface area contributed by atoms with Gasteiger partial charge in [0.2, 0.25) is 0 Å². The summed E-state index contributed by atoms with van der Waals surface area (Å²) in [5, 5.41) is 0. The Balaban J connectivity index is 0. The summed E-state index contributed by atoms with van der Waals surface area (Å²) < 4.78 is 0. The molecule has 117 valence electrons. The zero-order valence-corrected chi connectivity index (χ0v) is 16.9. The van der Waals surface area contributed by atoms with E-state index in [0.29, 0.717) is 0 Å². The van der Waals surface area contributed by atoms with Crippen LogP contribution in [0.5, 0.6) is 0 Å². The van der Waals surface area contributed by atoms with Crippen molar-refractivity contribution in [3.8, 4) is 11.1 Å². The molecule has 4 rings (SSSR count). The average molecular weight is 353 g/mol. The maximum Gasteiger partial charge on any atom is 4.00 e. The fraction of sp³-hybridized carbons (Fsp3) is 0.238. The topological polar surface area (TPSA) is 0 Å². The van der Waals surface area contributed by atoms with Gasteiger partial charge in [0.1, 0.15) is 0 Å². The SMILES string of the molecule is CC1=[C-]CC=C1.C[SiH]C.[H-].[H-].[Ti+4].[c-]1cccc2c1Cc1ccccc1-2. The first kappa shape index (κ1) is 19.9. The number of fused-ring (bicyclic) bond motifs is 3. The molecule has 0 heterocycles. The molecule has 2 aromatic rings. The molecule has 0 saturated carbocycles. The van der Waals surface area contributed by atoms with Gasteiger partial charge in [-0.2, -0.15) is 35.9 Å². The third kappa shape index (κ3) is 5.77. The van der Waals surface area contributed by atoms with Crippen LogP contribution in [0.1, 0.15) is 27.3 Å². The van der Waals surface area contributed by atoms with Crippen LogP contribution in [0.25, 0.3) is 11.1 Å². The predicted molar refractivity (Wildman–Crippen MR) is 101 cm³/mol. The van der Waals surface area contributed by atoms with E-state index in [-0.39, 0.29) is 24.6 Å². The molecule has 23 heavy (non-hydrogen) atoms. The Hall–Kier alpha value is -1.15. The summed E-state index contributed by atoms with van der Waals surface area (Å²) >= 11 is 0. The Labute approximate surface area is 161 Å². The van der Waals surface area contributed by atoms with Gasteiger partial charge in [-0.05, 0) is 6.42 Å². The molecular weight excluding hydrogens is 328 g/mol. The minimum atomic E-state index is 0. The van der Waals surface area contributed by atoms with Crippen molar-refractivity contribution in [3.05, 3.63) is 83.5 Å². The first-order chi connectivity index (χ1) is 10.8. The molecule has 0 bridgehead atoms. The fourth-order valence-corrected chi connectivity index (χ4v) is 2.51. The van der Waals surface area contributed by atoms with Crippen molar-refractivity contribution in [2.75, 3.05) is 0 Å². The molecule has 0 saturated heterocycles. The van der Waals surface area contributed by atoms with Crippen molar-refractivity contribution >= 4 is 9.52 Å². The van der Waals surface area contributed by atoms with Crippen molar-refractivity contribution < 1.29 is 24.6 Å². The Morgan fingerprint density at radius 1 is 1.04 bits per heavy atom. The Bertz CT molecular complexity index is 635. The molecule has 0 N–H and O–H groups in total. The monoisotopic (exact) mass is 353 g/mol. The van der Waals surface area contributed by atoms with E-state index in [9.17, 15) is 0 Å². The van der Waals surface area contributed by atoms with Crippen LogP contribution in [0.4, 0.5) is 0 Å². The number of hydrogen-bond donors (Lipinski definition) is 0. The summed E-state index contributed by atoms with van der Waals surface area (Å²) in [6.07, 6.45) is 9.38. The van der Waals surface area contributed by atoms with Crippen molar-refractivity contribution in [3.63, 3.8) is 0 Å². The van der Waals surface area contributed by atoms with Gasteiger partial charge in [0.05, 0.1) is 0 Å². The molecule has 2 heteroatoms. The third-order valence-corrected chi connectivity index (χ3v) is 3.48. The summed E-state index contributed by atoms with van der Waals surface area (Å²) in [5.74, 6) is 0. The second-order valence-electron chi connectivity index (χ2n) is 5.44. The van der Waals surface area contributed by atoms with Gasteiger partial charge < -0.3 is 2.85 Å². The van der Waals surface area contributed by atoms with Gasteiger partial charge in [-0.15, -0.1) is 12.0 Å². The third-order valence-electron chi connectivity index (χ3n) is 3.48. The normalized spacial score (nSPS) is 12.6. The Kier molecular flexibility index (Phi) is 9.16.